The van der Waals surface area contributed by atoms with Crippen LogP contribution in [0.25, 0.3) is 0 Å². The molecule has 5 nitrogen and oxygen atoms in total. The van der Waals surface area contributed by atoms with Crippen molar-refractivity contribution in [3.8, 4) is 5.75 Å². The van der Waals surface area contributed by atoms with Crippen LogP contribution in [0.4, 0.5) is 0 Å². The van der Waals surface area contributed by atoms with Gasteiger partial charge in [0.15, 0.2) is 0 Å². The Balaban J connectivity index is 2.20. The maximum absolute atomic E-state index is 12.3. The Morgan fingerprint density at radius 1 is 1.17 bits per heavy atom. The van der Waals surface area contributed by atoms with Gasteiger partial charge in [-0.3, -0.25) is 4.79 Å². The minimum absolute atomic E-state index is 0.116. The highest BCUT2D eigenvalue weighted by atomic mass is 16.5. The van der Waals surface area contributed by atoms with Crippen LogP contribution in [0.3, 0.4) is 0 Å². The van der Waals surface area contributed by atoms with Crippen LogP contribution in [-0.4, -0.2) is 22.2 Å². The first-order valence-corrected chi connectivity index (χ1v) is 7.56. The first-order valence-electron chi connectivity index (χ1n) is 7.56. The van der Waals surface area contributed by atoms with Crippen molar-refractivity contribution in [1.82, 2.24) is 4.57 Å². The number of hydrogen-bond donors (Lipinski definition) is 1. The Kier molecular flexibility index (Phi) is 5.21. The van der Waals surface area contributed by atoms with E-state index in [2.05, 4.69) is 0 Å². The molecule has 0 aliphatic rings. The molecule has 0 saturated carbocycles. The molecule has 1 heterocycles. The molecule has 0 spiro atoms. The van der Waals surface area contributed by atoms with E-state index in [-0.39, 0.29) is 11.5 Å². The third kappa shape index (κ3) is 4.00. The lowest BCUT2D eigenvalue weighted by Gasteiger charge is -2.16. The number of carboxylic acids is 1. The smallest absolute Gasteiger partial charge is 0.341 e. The fourth-order valence-corrected chi connectivity index (χ4v) is 2.38. The van der Waals surface area contributed by atoms with Crippen LogP contribution in [0.5, 0.6) is 5.75 Å². The molecule has 23 heavy (non-hydrogen) atoms. The number of carboxylic acid groups (broad SMARTS) is 1. The summed E-state index contributed by atoms with van der Waals surface area (Å²) in [6.45, 7) is 6.53. The highest BCUT2D eigenvalue weighted by molar-refractivity contribution is 5.87. The highest BCUT2D eigenvalue weighted by Gasteiger charge is 2.15. The van der Waals surface area contributed by atoms with Gasteiger partial charge in [-0.05, 0) is 37.1 Å². The number of carbonyl (C=O) groups is 1. The maximum Gasteiger partial charge on any atom is 0.341 e. The van der Waals surface area contributed by atoms with Gasteiger partial charge in [-0.1, -0.05) is 31.5 Å². The molecule has 0 unspecified atom stereocenters. The van der Waals surface area contributed by atoms with Crippen molar-refractivity contribution >= 4 is 5.97 Å². The molecule has 2 rings (SSSR count). The molecule has 1 aromatic heterocycles. The van der Waals surface area contributed by atoms with E-state index in [4.69, 9.17) is 9.84 Å². The van der Waals surface area contributed by atoms with Crippen LogP contribution in [0.15, 0.2) is 41.2 Å². The van der Waals surface area contributed by atoms with Crippen molar-refractivity contribution in [2.45, 2.75) is 33.2 Å². The van der Waals surface area contributed by atoms with Crippen molar-refractivity contribution in [2.75, 3.05) is 6.61 Å². The lowest BCUT2D eigenvalue weighted by molar-refractivity contribution is 0.0694. The van der Waals surface area contributed by atoms with E-state index in [1.54, 1.807) is 6.07 Å². The predicted octanol–water partition coefficient (Wildman–Crippen LogP) is 3.06. The molecule has 0 aliphatic heterocycles. The van der Waals surface area contributed by atoms with Gasteiger partial charge in [0, 0.05) is 5.69 Å². The van der Waals surface area contributed by atoms with Crippen molar-refractivity contribution in [1.29, 1.82) is 0 Å². The number of pyridine rings is 1. The third-order valence-electron chi connectivity index (χ3n) is 3.63. The van der Waals surface area contributed by atoms with E-state index < -0.39 is 11.5 Å². The summed E-state index contributed by atoms with van der Waals surface area (Å²) in [6, 6.07) is 10.7. The number of aryl methyl sites for hydroxylation is 1. The number of ether oxygens (including phenoxy) is 1. The van der Waals surface area contributed by atoms with Crippen LogP contribution in [0.1, 0.15) is 41.4 Å². The number of benzene rings is 1. The highest BCUT2D eigenvalue weighted by Crippen LogP contribution is 2.14. The molecule has 0 fully saturated rings. The second-order valence-corrected chi connectivity index (χ2v) is 5.75. The number of aromatic carboxylic acids is 1. The fraction of sp³-hybridized carbons (Fsp3) is 0.333. The first kappa shape index (κ1) is 16.8. The van der Waals surface area contributed by atoms with Gasteiger partial charge in [0.25, 0.3) is 5.56 Å². The Bertz CT molecular complexity index is 745. The van der Waals surface area contributed by atoms with Crippen molar-refractivity contribution in [3.05, 3.63) is 63.6 Å². The normalized spacial score (nSPS) is 10.8. The van der Waals surface area contributed by atoms with Gasteiger partial charge >= 0.3 is 5.97 Å². The summed E-state index contributed by atoms with van der Waals surface area (Å²) in [5.74, 6) is -0.368. The number of rotatable bonds is 6. The SMILES string of the molecule is Cc1ccc(OCCn2c(C(C)C)ccc(C(=O)O)c2=O)cc1. The fourth-order valence-electron chi connectivity index (χ4n) is 2.38. The van der Waals surface area contributed by atoms with Crippen LogP contribution >= 0.6 is 0 Å². The lowest BCUT2D eigenvalue weighted by Crippen LogP contribution is -2.31. The van der Waals surface area contributed by atoms with Gasteiger partial charge in [0.05, 0.1) is 6.54 Å². The summed E-state index contributed by atoms with van der Waals surface area (Å²) in [5.41, 5.74) is 1.23. The molecule has 0 radical (unpaired) electrons. The van der Waals surface area contributed by atoms with Crippen LogP contribution in [0.2, 0.25) is 0 Å². The maximum atomic E-state index is 12.3. The second kappa shape index (κ2) is 7.13. The first-order chi connectivity index (χ1) is 10.9. The monoisotopic (exact) mass is 315 g/mol. The molecule has 122 valence electrons. The molecule has 0 amide bonds. The summed E-state index contributed by atoms with van der Waals surface area (Å²) < 4.78 is 7.14. The molecule has 0 aliphatic carbocycles. The molecule has 0 atom stereocenters. The number of hydrogen-bond acceptors (Lipinski definition) is 3. The topological polar surface area (TPSA) is 68.5 Å². The Hall–Kier alpha value is -2.56. The van der Waals surface area contributed by atoms with Gasteiger partial charge in [-0.25, -0.2) is 4.79 Å². The standard InChI is InChI=1S/C18H21NO4/c1-12(2)16-9-8-15(18(21)22)17(20)19(16)10-11-23-14-6-4-13(3)5-7-14/h4-9,12H,10-11H2,1-3H3,(H,21,22). The minimum Gasteiger partial charge on any atom is -0.492 e. The van der Waals surface area contributed by atoms with E-state index in [1.165, 1.54) is 10.6 Å². The van der Waals surface area contributed by atoms with Crippen molar-refractivity contribution in [3.63, 3.8) is 0 Å². The molecule has 0 saturated heterocycles. The average Bonchev–Trinajstić information content (AvgIpc) is 2.50. The summed E-state index contributed by atoms with van der Waals surface area (Å²) in [5, 5.41) is 9.10. The molecule has 5 heteroatoms. The average molecular weight is 315 g/mol. The predicted molar refractivity (Wildman–Crippen MR) is 88.4 cm³/mol. The zero-order chi connectivity index (χ0) is 17.0. The lowest BCUT2D eigenvalue weighted by atomic mass is 10.1. The summed E-state index contributed by atoms with van der Waals surface area (Å²) in [7, 11) is 0. The van der Waals surface area contributed by atoms with Crippen molar-refractivity contribution < 1.29 is 14.6 Å². The van der Waals surface area contributed by atoms with Gasteiger partial charge < -0.3 is 14.4 Å². The molecule has 1 N–H and O–H groups in total. The van der Waals surface area contributed by atoms with Gasteiger partial charge in [0.2, 0.25) is 0 Å². The largest absolute Gasteiger partial charge is 0.492 e. The molecule has 1 aromatic carbocycles. The third-order valence-corrected chi connectivity index (χ3v) is 3.63. The molecule has 2 aromatic rings. The van der Waals surface area contributed by atoms with E-state index >= 15 is 0 Å². The van der Waals surface area contributed by atoms with E-state index in [1.807, 2.05) is 45.0 Å². The zero-order valence-corrected chi connectivity index (χ0v) is 13.6. The van der Waals surface area contributed by atoms with Crippen molar-refractivity contribution in [2.24, 2.45) is 0 Å². The molecular weight excluding hydrogens is 294 g/mol. The van der Waals surface area contributed by atoms with Crippen LogP contribution in [-0.2, 0) is 6.54 Å². The van der Waals surface area contributed by atoms with Crippen LogP contribution < -0.4 is 10.3 Å². The molecular formula is C18H21NO4. The quantitative estimate of drug-likeness (QED) is 0.889. The molecule has 0 bridgehead atoms. The summed E-state index contributed by atoms with van der Waals surface area (Å²) in [4.78, 5) is 23.5. The Morgan fingerprint density at radius 3 is 2.39 bits per heavy atom. The van der Waals surface area contributed by atoms with Gasteiger partial charge in [-0.15, -0.1) is 0 Å². The number of aromatic nitrogens is 1. The zero-order valence-electron chi connectivity index (χ0n) is 13.6. The minimum atomic E-state index is -1.21. The van der Waals surface area contributed by atoms with Gasteiger partial charge in [-0.2, -0.15) is 0 Å². The number of nitrogens with zero attached hydrogens (tertiary/aromatic N) is 1. The van der Waals surface area contributed by atoms with E-state index in [9.17, 15) is 9.59 Å². The Morgan fingerprint density at radius 2 is 1.83 bits per heavy atom. The van der Waals surface area contributed by atoms with Gasteiger partial charge in [0.1, 0.15) is 17.9 Å². The van der Waals surface area contributed by atoms with Crippen LogP contribution in [0, 0.1) is 6.92 Å². The van der Waals surface area contributed by atoms with E-state index in [0.717, 1.165) is 17.0 Å². The summed E-state index contributed by atoms with van der Waals surface area (Å²) in [6.07, 6.45) is 0. The summed E-state index contributed by atoms with van der Waals surface area (Å²) >= 11 is 0. The second-order valence-electron chi connectivity index (χ2n) is 5.75. The Labute approximate surface area is 135 Å². The van der Waals surface area contributed by atoms with E-state index in [0.29, 0.717) is 13.2 Å².